The second kappa shape index (κ2) is 10.3. The quantitative estimate of drug-likeness (QED) is 0.302. The highest BCUT2D eigenvalue weighted by Crippen LogP contribution is 2.15. The lowest BCUT2D eigenvalue weighted by Gasteiger charge is -2.23. The van der Waals surface area contributed by atoms with Gasteiger partial charge < -0.3 is 14.8 Å². The van der Waals surface area contributed by atoms with Crippen LogP contribution in [-0.2, 0) is 20.7 Å². The minimum Gasteiger partial charge on any atom is -0.464 e. The number of carbonyl (C=O) groups excluding carboxylic acids is 2. The van der Waals surface area contributed by atoms with E-state index < -0.39 is 28.8 Å². The summed E-state index contributed by atoms with van der Waals surface area (Å²) >= 11 is 0. The zero-order chi connectivity index (χ0) is 20.4. The predicted octanol–water partition coefficient (Wildman–Crippen LogP) is 3.04. The largest absolute Gasteiger partial charge is 0.464 e. The predicted molar refractivity (Wildman–Crippen MR) is 96.8 cm³/mol. The molecule has 9 heteroatoms. The van der Waals surface area contributed by atoms with Crippen LogP contribution in [0.2, 0.25) is 0 Å². The van der Waals surface area contributed by atoms with Gasteiger partial charge in [-0.05, 0) is 44.9 Å². The summed E-state index contributed by atoms with van der Waals surface area (Å²) in [6.07, 6.45) is 1.00. The zero-order valence-corrected chi connectivity index (χ0v) is 16.0. The molecule has 0 saturated carbocycles. The van der Waals surface area contributed by atoms with Gasteiger partial charge in [0.25, 0.3) is 5.09 Å². The lowest BCUT2D eigenvalue weighted by molar-refractivity contribution is -0.711. The van der Waals surface area contributed by atoms with Crippen molar-refractivity contribution in [3.8, 4) is 5.75 Å². The molecule has 27 heavy (non-hydrogen) atoms. The second-order valence-corrected chi connectivity index (χ2v) is 6.88. The molecule has 0 heterocycles. The summed E-state index contributed by atoms with van der Waals surface area (Å²) < 4.78 is 10.4. The molecule has 0 radical (unpaired) electrons. The van der Waals surface area contributed by atoms with Crippen LogP contribution in [0.3, 0.4) is 0 Å². The maximum atomic E-state index is 12.3. The summed E-state index contributed by atoms with van der Waals surface area (Å²) in [6.45, 7) is 7.38. The fourth-order valence-electron chi connectivity index (χ4n) is 2.07. The first-order valence-electron chi connectivity index (χ1n) is 8.68. The van der Waals surface area contributed by atoms with Crippen LogP contribution in [0.15, 0.2) is 24.3 Å². The van der Waals surface area contributed by atoms with E-state index in [-0.39, 0.29) is 18.8 Å². The Balaban J connectivity index is 2.81. The molecule has 9 nitrogen and oxygen atoms in total. The summed E-state index contributed by atoms with van der Waals surface area (Å²) in [5, 5.41) is 12.0. The first kappa shape index (κ1) is 22.2. The van der Waals surface area contributed by atoms with E-state index in [0.29, 0.717) is 5.56 Å². The number of alkyl carbamates (subject to hydrolysis) is 1. The van der Waals surface area contributed by atoms with Crippen LogP contribution >= 0.6 is 0 Å². The van der Waals surface area contributed by atoms with Gasteiger partial charge in [0.1, 0.15) is 17.4 Å². The first-order chi connectivity index (χ1) is 12.6. The van der Waals surface area contributed by atoms with Gasteiger partial charge in [-0.1, -0.05) is 25.5 Å². The third-order valence-corrected chi connectivity index (χ3v) is 3.26. The third kappa shape index (κ3) is 9.43. The molecule has 1 aromatic carbocycles. The van der Waals surface area contributed by atoms with Gasteiger partial charge in [0.2, 0.25) is 0 Å². The van der Waals surface area contributed by atoms with Gasteiger partial charge in [0.15, 0.2) is 0 Å². The average molecular weight is 382 g/mol. The summed E-state index contributed by atoms with van der Waals surface area (Å²) in [5.41, 5.74) is -0.0402. The fourth-order valence-corrected chi connectivity index (χ4v) is 2.07. The maximum absolute atomic E-state index is 12.3. The SMILES string of the molecule is CCCCOC(=O)C(Cc1ccc(O[N+](=O)[O-])cc1)NC(=O)OC(C)(C)C. The van der Waals surface area contributed by atoms with E-state index in [1.807, 2.05) is 6.92 Å². The standard InChI is InChI=1S/C18H26N2O7/c1-5-6-11-25-16(21)15(19-17(22)26-18(2,3)4)12-13-7-9-14(10-8-13)27-20(23)24/h7-10,15H,5-6,11-12H2,1-4H3,(H,19,22). The number of esters is 1. The molecule has 1 amide bonds. The van der Waals surface area contributed by atoms with Crippen molar-refractivity contribution in [2.24, 2.45) is 0 Å². The van der Waals surface area contributed by atoms with E-state index >= 15 is 0 Å². The van der Waals surface area contributed by atoms with Crippen molar-refractivity contribution in [3.63, 3.8) is 0 Å². The number of hydrogen-bond acceptors (Lipinski definition) is 7. The van der Waals surface area contributed by atoms with Crippen LogP contribution in [0, 0.1) is 10.1 Å². The molecular formula is C18H26N2O7. The summed E-state index contributed by atoms with van der Waals surface area (Å²) in [5.74, 6) is -0.508. The number of unbranched alkanes of at least 4 members (excludes halogenated alkanes) is 1. The average Bonchev–Trinajstić information content (AvgIpc) is 2.54. The number of amides is 1. The number of hydrogen-bond donors (Lipinski definition) is 1. The molecule has 0 spiro atoms. The van der Waals surface area contributed by atoms with Crippen molar-refractivity contribution in [1.29, 1.82) is 0 Å². The van der Waals surface area contributed by atoms with Gasteiger partial charge >= 0.3 is 12.1 Å². The van der Waals surface area contributed by atoms with Gasteiger partial charge in [-0.3, -0.25) is 4.84 Å². The minimum absolute atomic E-state index is 0.0610. The number of nitrogens with zero attached hydrogens (tertiary/aromatic N) is 1. The van der Waals surface area contributed by atoms with Crippen LogP contribution < -0.4 is 10.2 Å². The smallest absolute Gasteiger partial charge is 0.408 e. The molecule has 0 aliphatic carbocycles. The molecule has 0 bridgehead atoms. The number of benzene rings is 1. The highest BCUT2D eigenvalue weighted by Gasteiger charge is 2.26. The second-order valence-electron chi connectivity index (χ2n) is 6.88. The number of nitrogens with one attached hydrogen (secondary N) is 1. The molecule has 0 aliphatic rings. The monoisotopic (exact) mass is 382 g/mol. The van der Waals surface area contributed by atoms with Gasteiger partial charge in [-0.25, -0.2) is 9.59 Å². The molecule has 150 valence electrons. The molecule has 0 saturated heterocycles. The lowest BCUT2D eigenvalue weighted by Crippen LogP contribution is -2.45. The third-order valence-electron chi connectivity index (χ3n) is 3.26. The summed E-state index contributed by atoms with van der Waals surface area (Å²) in [4.78, 5) is 39.1. The van der Waals surface area contributed by atoms with E-state index in [1.165, 1.54) is 12.1 Å². The van der Waals surface area contributed by atoms with Crippen LogP contribution in [0.4, 0.5) is 4.79 Å². The summed E-state index contributed by atoms with van der Waals surface area (Å²) in [7, 11) is 0. The molecule has 1 rings (SSSR count). The van der Waals surface area contributed by atoms with E-state index in [0.717, 1.165) is 12.8 Å². The highest BCUT2D eigenvalue weighted by atomic mass is 17.0. The minimum atomic E-state index is -0.945. The van der Waals surface area contributed by atoms with Crippen molar-refractivity contribution in [3.05, 3.63) is 39.9 Å². The zero-order valence-electron chi connectivity index (χ0n) is 16.0. The molecule has 0 aromatic heterocycles. The van der Waals surface area contributed by atoms with E-state index in [4.69, 9.17) is 9.47 Å². The molecule has 1 aromatic rings. The highest BCUT2D eigenvalue weighted by molar-refractivity contribution is 5.81. The Morgan fingerprint density at radius 2 is 1.85 bits per heavy atom. The fraction of sp³-hybridized carbons (Fsp3) is 0.556. The lowest BCUT2D eigenvalue weighted by atomic mass is 10.1. The number of carbonyl (C=O) groups is 2. The Kier molecular flexibility index (Phi) is 8.50. The van der Waals surface area contributed by atoms with Gasteiger partial charge in [0.05, 0.1) is 6.61 Å². The molecule has 1 unspecified atom stereocenters. The van der Waals surface area contributed by atoms with Crippen molar-refractivity contribution >= 4 is 12.1 Å². The Morgan fingerprint density at radius 1 is 1.22 bits per heavy atom. The molecule has 1 atom stereocenters. The Bertz CT molecular complexity index is 638. The van der Waals surface area contributed by atoms with Crippen LogP contribution in [0.25, 0.3) is 0 Å². The molecule has 0 fully saturated rings. The van der Waals surface area contributed by atoms with Crippen molar-refractivity contribution < 1.29 is 29.0 Å². The topological polar surface area (TPSA) is 117 Å². The van der Waals surface area contributed by atoms with E-state index in [2.05, 4.69) is 10.2 Å². The Morgan fingerprint density at radius 3 is 2.37 bits per heavy atom. The van der Waals surface area contributed by atoms with Gasteiger partial charge in [-0.15, -0.1) is 10.1 Å². The summed E-state index contributed by atoms with van der Waals surface area (Å²) in [6, 6.07) is 5.01. The molecule has 1 N–H and O–H groups in total. The Hall–Kier alpha value is -2.84. The normalized spacial score (nSPS) is 12.0. The van der Waals surface area contributed by atoms with Gasteiger partial charge in [0, 0.05) is 6.42 Å². The van der Waals surface area contributed by atoms with Gasteiger partial charge in [-0.2, -0.15) is 0 Å². The van der Waals surface area contributed by atoms with E-state index in [9.17, 15) is 19.7 Å². The Labute approximate surface area is 158 Å². The van der Waals surface area contributed by atoms with Crippen LogP contribution in [0.5, 0.6) is 5.75 Å². The van der Waals surface area contributed by atoms with Crippen molar-refractivity contribution in [2.45, 2.75) is 58.6 Å². The molecule has 0 aliphatic heterocycles. The van der Waals surface area contributed by atoms with Crippen LogP contribution in [0.1, 0.15) is 46.1 Å². The van der Waals surface area contributed by atoms with Crippen LogP contribution in [-0.4, -0.2) is 35.4 Å². The number of rotatable bonds is 9. The van der Waals surface area contributed by atoms with Crippen molar-refractivity contribution in [2.75, 3.05) is 6.61 Å². The van der Waals surface area contributed by atoms with Crippen molar-refractivity contribution in [1.82, 2.24) is 5.32 Å². The molecular weight excluding hydrogens is 356 g/mol. The number of ether oxygens (including phenoxy) is 2. The first-order valence-corrected chi connectivity index (χ1v) is 8.68. The van der Waals surface area contributed by atoms with E-state index in [1.54, 1.807) is 32.9 Å². The maximum Gasteiger partial charge on any atom is 0.408 e.